The van der Waals surface area contributed by atoms with Crippen LogP contribution in [0.4, 0.5) is 0 Å². The summed E-state index contributed by atoms with van der Waals surface area (Å²) in [5, 5.41) is 3.30. The van der Waals surface area contributed by atoms with Gasteiger partial charge in [0.25, 0.3) is 0 Å². The summed E-state index contributed by atoms with van der Waals surface area (Å²) < 4.78 is 0. The van der Waals surface area contributed by atoms with E-state index < -0.39 is 0 Å². The van der Waals surface area contributed by atoms with Crippen molar-refractivity contribution in [1.29, 1.82) is 0 Å². The van der Waals surface area contributed by atoms with Gasteiger partial charge in [-0.3, -0.25) is 4.98 Å². The highest BCUT2D eigenvalue weighted by atomic mass is 35.5. The highest BCUT2D eigenvalue weighted by Gasteiger charge is 2.09. The second-order valence-corrected chi connectivity index (χ2v) is 4.04. The van der Waals surface area contributed by atoms with Gasteiger partial charge in [0.1, 0.15) is 10.3 Å². The molecule has 0 aliphatic carbocycles. The molecule has 0 N–H and O–H groups in total. The van der Waals surface area contributed by atoms with Crippen LogP contribution in [0.3, 0.4) is 0 Å². The van der Waals surface area contributed by atoms with Crippen molar-refractivity contribution < 1.29 is 0 Å². The fourth-order valence-electron chi connectivity index (χ4n) is 1.71. The Kier molecular flexibility index (Phi) is 2.16. The molecule has 0 saturated carbocycles. The smallest absolute Gasteiger partial charge is 0.137 e. The van der Waals surface area contributed by atoms with Crippen LogP contribution in [0.5, 0.6) is 0 Å². The third-order valence-electron chi connectivity index (χ3n) is 2.41. The molecule has 0 aliphatic heterocycles. The highest BCUT2D eigenvalue weighted by Crippen LogP contribution is 2.31. The van der Waals surface area contributed by atoms with Gasteiger partial charge in [0.2, 0.25) is 0 Å². The number of hydrogen-bond acceptors (Lipinski definition) is 3. The molecule has 3 rings (SSSR count). The van der Waals surface area contributed by atoms with Crippen molar-refractivity contribution in [3.05, 3.63) is 41.0 Å². The molecule has 0 fully saturated rings. The summed E-state index contributed by atoms with van der Waals surface area (Å²) in [5.74, 6) is 0. The number of pyridine rings is 3. The Labute approximate surface area is 101 Å². The Balaban J connectivity index is 2.67. The molecular formula is C11H5Cl2N3. The Morgan fingerprint density at radius 3 is 2.69 bits per heavy atom. The summed E-state index contributed by atoms with van der Waals surface area (Å²) in [6, 6.07) is 3.59. The topological polar surface area (TPSA) is 38.7 Å². The van der Waals surface area contributed by atoms with Crippen LogP contribution in [0.15, 0.2) is 30.7 Å². The van der Waals surface area contributed by atoms with Crippen LogP contribution < -0.4 is 0 Å². The fourth-order valence-corrected chi connectivity index (χ4v) is 2.22. The first-order valence-corrected chi connectivity index (χ1v) is 5.36. The van der Waals surface area contributed by atoms with Gasteiger partial charge in [0, 0.05) is 34.7 Å². The minimum atomic E-state index is 0.416. The van der Waals surface area contributed by atoms with Gasteiger partial charge in [0.05, 0.1) is 5.52 Å². The lowest BCUT2D eigenvalue weighted by Gasteiger charge is -2.05. The molecular weight excluding hydrogens is 245 g/mol. The van der Waals surface area contributed by atoms with Crippen LogP contribution in [-0.2, 0) is 0 Å². The second-order valence-electron chi connectivity index (χ2n) is 3.32. The number of hydrogen-bond donors (Lipinski definition) is 0. The van der Waals surface area contributed by atoms with E-state index in [-0.39, 0.29) is 0 Å². The summed E-state index contributed by atoms with van der Waals surface area (Å²) >= 11 is 12.2. The van der Waals surface area contributed by atoms with E-state index in [1.54, 1.807) is 30.7 Å². The normalized spacial score (nSPS) is 11.1. The van der Waals surface area contributed by atoms with Crippen LogP contribution in [0.25, 0.3) is 21.7 Å². The van der Waals surface area contributed by atoms with Gasteiger partial charge in [-0.1, -0.05) is 23.2 Å². The number of halogens is 2. The molecule has 5 heteroatoms. The van der Waals surface area contributed by atoms with Crippen molar-refractivity contribution in [3.63, 3.8) is 0 Å². The Morgan fingerprint density at radius 1 is 0.938 bits per heavy atom. The second kappa shape index (κ2) is 3.54. The predicted molar refractivity (Wildman–Crippen MR) is 64.9 cm³/mol. The van der Waals surface area contributed by atoms with Crippen LogP contribution in [0, 0.1) is 0 Å². The zero-order valence-electron chi connectivity index (χ0n) is 7.98. The first-order valence-electron chi connectivity index (χ1n) is 4.61. The summed E-state index contributed by atoms with van der Waals surface area (Å²) in [6.45, 7) is 0. The molecule has 0 unspecified atom stereocenters. The van der Waals surface area contributed by atoms with Crippen molar-refractivity contribution in [2.45, 2.75) is 0 Å². The molecule has 78 valence electrons. The summed E-state index contributed by atoms with van der Waals surface area (Å²) in [4.78, 5) is 12.4. The Bertz CT molecular complexity index is 697. The average molecular weight is 250 g/mol. The number of aromatic nitrogens is 3. The van der Waals surface area contributed by atoms with E-state index in [9.17, 15) is 0 Å². The molecule has 0 spiro atoms. The lowest BCUT2D eigenvalue weighted by Crippen LogP contribution is -1.87. The van der Waals surface area contributed by atoms with E-state index in [0.29, 0.717) is 10.3 Å². The van der Waals surface area contributed by atoms with E-state index in [1.807, 2.05) is 0 Å². The van der Waals surface area contributed by atoms with Gasteiger partial charge in [-0.25, -0.2) is 9.97 Å². The number of nitrogens with zero attached hydrogens (tertiary/aromatic N) is 3. The van der Waals surface area contributed by atoms with Gasteiger partial charge in [-0.15, -0.1) is 0 Å². The number of rotatable bonds is 0. The van der Waals surface area contributed by atoms with E-state index in [1.165, 1.54) is 0 Å². The SMILES string of the molecule is Clc1nc2ccncc2c2c(Cl)nccc12. The lowest BCUT2D eigenvalue weighted by atomic mass is 10.1. The van der Waals surface area contributed by atoms with Crippen molar-refractivity contribution in [3.8, 4) is 0 Å². The highest BCUT2D eigenvalue weighted by molar-refractivity contribution is 6.40. The molecule has 0 atom stereocenters. The largest absolute Gasteiger partial charge is 0.264 e. The van der Waals surface area contributed by atoms with E-state index >= 15 is 0 Å². The van der Waals surface area contributed by atoms with E-state index in [2.05, 4.69) is 15.0 Å². The van der Waals surface area contributed by atoms with Gasteiger partial charge in [0.15, 0.2) is 0 Å². The van der Waals surface area contributed by atoms with Gasteiger partial charge >= 0.3 is 0 Å². The summed E-state index contributed by atoms with van der Waals surface area (Å²) in [7, 11) is 0. The molecule has 0 saturated heterocycles. The molecule has 0 aliphatic rings. The van der Waals surface area contributed by atoms with Crippen molar-refractivity contribution in [1.82, 2.24) is 15.0 Å². The first-order chi connectivity index (χ1) is 7.77. The molecule has 0 aromatic carbocycles. The minimum absolute atomic E-state index is 0.416. The summed E-state index contributed by atoms with van der Waals surface area (Å²) in [5.41, 5.74) is 0.766. The van der Waals surface area contributed by atoms with E-state index in [0.717, 1.165) is 21.7 Å². The third kappa shape index (κ3) is 1.32. The fraction of sp³-hybridized carbons (Fsp3) is 0. The van der Waals surface area contributed by atoms with E-state index in [4.69, 9.17) is 23.2 Å². The molecule has 16 heavy (non-hydrogen) atoms. The first kappa shape index (κ1) is 9.75. The molecule has 3 aromatic rings. The Hall–Kier alpha value is -1.45. The maximum atomic E-state index is 6.09. The quantitative estimate of drug-likeness (QED) is 0.452. The molecule has 3 nitrogen and oxygen atoms in total. The van der Waals surface area contributed by atoms with Crippen molar-refractivity contribution >= 4 is 44.9 Å². The van der Waals surface area contributed by atoms with Crippen LogP contribution in [0.2, 0.25) is 10.3 Å². The molecule has 0 amide bonds. The molecule has 3 heterocycles. The third-order valence-corrected chi connectivity index (χ3v) is 2.99. The van der Waals surface area contributed by atoms with Crippen LogP contribution >= 0.6 is 23.2 Å². The molecule has 0 bridgehead atoms. The summed E-state index contributed by atoms with van der Waals surface area (Å²) in [6.07, 6.45) is 5.00. The van der Waals surface area contributed by atoms with Crippen molar-refractivity contribution in [2.24, 2.45) is 0 Å². The lowest BCUT2D eigenvalue weighted by molar-refractivity contribution is 1.32. The maximum absolute atomic E-state index is 6.09. The standard InChI is InChI=1S/C11H5Cl2N3/c12-10-6-1-4-15-11(13)9(6)7-5-14-3-2-8(7)16-10/h1-5H. The van der Waals surface area contributed by atoms with Crippen LogP contribution in [-0.4, -0.2) is 15.0 Å². The Morgan fingerprint density at radius 2 is 1.81 bits per heavy atom. The zero-order chi connectivity index (χ0) is 11.1. The van der Waals surface area contributed by atoms with Gasteiger partial charge < -0.3 is 0 Å². The number of fused-ring (bicyclic) bond motifs is 3. The van der Waals surface area contributed by atoms with Crippen LogP contribution in [0.1, 0.15) is 0 Å². The monoisotopic (exact) mass is 249 g/mol. The maximum Gasteiger partial charge on any atom is 0.137 e. The van der Waals surface area contributed by atoms with Gasteiger partial charge in [-0.05, 0) is 12.1 Å². The molecule has 0 radical (unpaired) electrons. The molecule has 3 aromatic heterocycles. The minimum Gasteiger partial charge on any atom is -0.264 e. The van der Waals surface area contributed by atoms with Gasteiger partial charge in [-0.2, -0.15) is 0 Å². The average Bonchev–Trinajstić information content (AvgIpc) is 2.30. The predicted octanol–water partition coefficient (Wildman–Crippen LogP) is 3.48. The van der Waals surface area contributed by atoms with Crippen molar-refractivity contribution in [2.75, 3.05) is 0 Å². The zero-order valence-corrected chi connectivity index (χ0v) is 9.50.